The summed E-state index contributed by atoms with van der Waals surface area (Å²) in [6.07, 6.45) is -4.04. The van der Waals surface area contributed by atoms with Crippen LogP contribution in [0.1, 0.15) is 17.5 Å². The Labute approximate surface area is 154 Å². The van der Waals surface area contributed by atoms with Crippen molar-refractivity contribution in [1.29, 1.82) is 0 Å². The molecule has 8 heteroatoms. The first-order valence-electron chi connectivity index (χ1n) is 8.10. The summed E-state index contributed by atoms with van der Waals surface area (Å²) in [5.74, 6) is -3.04. The quantitative estimate of drug-likeness (QED) is 0.288. The first kappa shape index (κ1) is 20.2. The number of carbonyl (C=O) groups is 2. The Morgan fingerprint density at radius 1 is 0.667 bits per heavy atom. The zero-order valence-electron chi connectivity index (χ0n) is 14.2. The number of ketones is 2. The van der Waals surface area contributed by atoms with Crippen LogP contribution in [0.2, 0.25) is 0 Å². The highest BCUT2D eigenvalue weighted by Gasteiger charge is 2.24. The van der Waals surface area contributed by atoms with Gasteiger partial charge in [-0.15, -0.1) is 0 Å². The molecule has 0 aliphatic carbocycles. The first-order chi connectivity index (χ1) is 12.7. The fourth-order valence-electron chi connectivity index (χ4n) is 2.47. The summed E-state index contributed by atoms with van der Waals surface area (Å²) in [6.45, 7) is 0. The van der Waals surface area contributed by atoms with E-state index in [0.717, 1.165) is 0 Å². The third kappa shape index (κ3) is 5.44. The monoisotopic (exact) mass is 376 g/mol. The molecule has 0 aliphatic heterocycles. The molecule has 0 aromatic heterocycles. The van der Waals surface area contributed by atoms with E-state index in [2.05, 4.69) is 0 Å². The van der Waals surface area contributed by atoms with Crippen molar-refractivity contribution >= 4 is 11.6 Å². The van der Waals surface area contributed by atoms with Gasteiger partial charge in [-0.25, -0.2) is 0 Å². The van der Waals surface area contributed by atoms with E-state index in [-0.39, 0.29) is 24.3 Å². The van der Waals surface area contributed by atoms with Crippen LogP contribution in [-0.2, 0) is 22.4 Å². The number of aliphatic hydroxyl groups is 2. The average Bonchev–Trinajstić information content (AvgIpc) is 2.61. The fraction of sp³-hybridized carbons (Fsp3) is 0.263. The third-order valence-corrected chi connectivity index (χ3v) is 4.03. The molecule has 0 spiro atoms. The average molecular weight is 376 g/mol. The van der Waals surface area contributed by atoms with Crippen molar-refractivity contribution in [3.63, 3.8) is 0 Å². The zero-order valence-corrected chi connectivity index (χ0v) is 14.2. The van der Waals surface area contributed by atoms with E-state index < -0.39 is 41.7 Å². The van der Waals surface area contributed by atoms with Gasteiger partial charge in [0.15, 0.2) is 34.6 Å². The normalized spacial score (nSPS) is 13.1. The van der Waals surface area contributed by atoms with Crippen molar-refractivity contribution in [2.24, 2.45) is 0 Å². The predicted octanol–water partition coefficient (Wildman–Crippen LogP) is 0.544. The molecule has 2 unspecified atom stereocenters. The van der Waals surface area contributed by atoms with Gasteiger partial charge < -0.3 is 30.6 Å². The molecule has 144 valence electrons. The summed E-state index contributed by atoms with van der Waals surface area (Å²) in [5, 5.41) is 57.2. The maximum absolute atomic E-state index is 12.0. The summed E-state index contributed by atoms with van der Waals surface area (Å²) >= 11 is 0. The minimum Gasteiger partial charge on any atom is -0.504 e. The van der Waals surface area contributed by atoms with Gasteiger partial charge in [-0.05, 0) is 35.4 Å². The van der Waals surface area contributed by atoms with Crippen molar-refractivity contribution in [2.75, 3.05) is 0 Å². The van der Waals surface area contributed by atoms with Gasteiger partial charge in [0.1, 0.15) is 12.2 Å². The van der Waals surface area contributed by atoms with E-state index in [1.807, 2.05) is 0 Å². The second kappa shape index (κ2) is 8.52. The maximum atomic E-state index is 12.0. The molecule has 2 aromatic rings. The molecule has 2 aromatic carbocycles. The van der Waals surface area contributed by atoms with Crippen LogP contribution in [0.5, 0.6) is 23.0 Å². The van der Waals surface area contributed by atoms with Gasteiger partial charge in [0.25, 0.3) is 0 Å². The number of benzene rings is 2. The summed E-state index contributed by atoms with van der Waals surface area (Å²) < 4.78 is 0. The number of hydrogen-bond donors (Lipinski definition) is 6. The van der Waals surface area contributed by atoms with Crippen molar-refractivity contribution < 1.29 is 40.2 Å². The minimum atomic E-state index is -1.51. The second-order valence-electron chi connectivity index (χ2n) is 6.20. The predicted molar refractivity (Wildman–Crippen MR) is 93.6 cm³/mol. The second-order valence-corrected chi connectivity index (χ2v) is 6.20. The van der Waals surface area contributed by atoms with Crippen LogP contribution in [0.15, 0.2) is 36.4 Å². The van der Waals surface area contributed by atoms with Crippen LogP contribution >= 0.6 is 0 Å². The number of phenols is 4. The van der Waals surface area contributed by atoms with Gasteiger partial charge in [-0.3, -0.25) is 9.59 Å². The van der Waals surface area contributed by atoms with E-state index in [4.69, 9.17) is 0 Å². The molecule has 8 nitrogen and oxygen atoms in total. The summed E-state index contributed by atoms with van der Waals surface area (Å²) in [5.41, 5.74) is 0.775. The molecule has 0 radical (unpaired) electrons. The Hall–Kier alpha value is -3.10. The third-order valence-electron chi connectivity index (χ3n) is 4.03. The van der Waals surface area contributed by atoms with Gasteiger partial charge in [0.2, 0.25) is 0 Å². The van der Waals surface area contributed by atoms with Crippen LogP contribution < -0.4 is 0 Å². The van der Waals surface area contributed by atoms with Crippen LogP contribution in [-0.4, -0.2) is 54.4 Å². The number of aliphatic hydroxyl groups excluding tert-OH is 2. The van der Waals surface area contributed by atoms with Gasteiger partial charge in [-0.2, -0.15) is 0 Å². The summed E-state index contributed by atoms with van der Waals surface area (Å²) in [6, 6.07) is 7.65. The van der Waals surface area contributed by atoms with Gasteiger partial charge in [0.05, 0.1) is 6.42 Å². The molecule has 27 heavy (non-hydrogen) atoms. The maximum Gasteiger partial charge on any atom is 0.169 e. The lowest BCUT2D eigenvalue weighted by Gasteiger charge is -2.13. The smallest absolute Gasteiger partial charge is 0.169 e. The lowest BCUT2D eigenvalue weighted by atomic mass is 9.97. The zero-order chi connectivity index (χ0) is 20.1. The van der Waals surface area contributed by atoms with Crippen molar-refractivity contribution in [2.45, 2.75) is 31.5 Å². The molecule has 0 bridgehead atoms. The highest BCUT2D eigenvalue weighted by Crippen LogP contribution is 2.26. The molecule has 0 heterocycles. The SMILES string of the molecule is O=C(CC(=O)C(O)Cc1ccc(O)c(O)c1)C(O)Cc1ccc(O)c(O)c1. The highest BCUT2D eigenvalue weighted by atomic mass is 16.3. The topological polar surface area (TPSA) is 156 Å². The number of carbonyl (C=O) groups excluding carboxylic acids is 2. The largest absolute Gasteiger partial charge is 0.504 e. The fourth-order valence-corrected chi connectivity index (χ4v) is 2.47. The molecule has 0 saturated carbocycles. The molecule has 0 saturated heterocycles. The molecule has 2 atom stereocenters. The Bertz CT molecular complexity index is 776. The van der Waals surface area contributed by atoms with Gasteiger partial charge in [-0.1, -0.05) is 12.1 Å². The van der Waals surface area contributed by atoms with Crippen LogP contribution in [0.4, 0.5) is 0 Å². The van der Waals surface area contributed by atoms with Gasteiger partial charge >= 0.3 is 0 Å². The van der Waals surface area contributed by atoms with E-state index in [1.54, 1.807) is 0 Å². The first-order valence-corrected chi connectivity index (χ1v) is 8.10. The number of rotatable bonds is 8. The minimum absolute atomic E-state index is 0.165. The Morgan fingerprint density at radius 2 is 1.04 bits per heavy atom. The molecule has 6 N–H and O–H groups in total. The molecule has 0 amide bonds. The lowest BCUT2D eigenvalue weighted by molar-refractivity contribution is -0.136. The Morgan fingerprint density at radius 3 is 1.37 bits per heavy atom. The number of hydrogen-bond acceptors (Lipinski definition) is 8. The standard InChI is InChI=1S/C19H20O8/c20-12-3-1-10(5-14(12)22)7-16(24)18(26)9-19(27)17(25)8-11-2-4-13(21)15(23)6-11/h1-6,16-17,20-25H,7-9H2. The lowest BCUT2D eigenvalue weighted by Crippen LogP contribution is -2.31. The van der Waals surface area contributed by atoms with Crippen molar-refractivity contribution in [3.8, 4) is 23.0 Å². The van der Waals surface area contributed by atoms with Crippen LogP contribution in [0.25, 0.3) is 0 Å². The summed E-state index contributed by atoms with van der Waals surface area (Å²) in [4.78, 5) is 24.0. The number of aromatic hydroxyl groups is 4. The number of phenolic OH excluding ortho intramolecular Hbond substituents is 4. The summed E-state index contributed by atoms with van der Waals surface area (Å²) in [7, 11) is 0. The van der Waals surface area contributed by atoms with Crippen molar-refractivity contribution in [1.82, 2.24) is 0 Å². The number of Topliss-reactive ketones (excluding diaryl/α,β-unsaturated/α-hetero) is 2. The van der Waals surface area contributed by atoms with Crippen molar-refractivity contribution in [3.05, 3.63) is 47.5 Å². The molecule has 0 fully saturated rings. The van der Waals surface area contributed by atoms with Gasteiger partial charge in [0, 0.05) is 12.8 Å². The molecule has 0 aliphatic rings. The van der Waals surface area contributed by atoms with Crippen LogP contribution in [0.3, 0.4) is 0 Å². The van der Waals surface area contributed by atoms with Crippen LogP contribution in [0, 0.1) is 0 Å². The Kier molecular flexibility index (Phi) is 6.38. The van der Waals surface area contributed by atoms with E-state index in [1.165, 1.54) is 36.4 Å². The molecule has 2 rings (SSSR count). The molecular formula is C19H20O8. The Balaban J connectivity index is 1.91. The highest BCUT2D eigenvalue weighted by molar-refractivity contribution is 6.02. The van der Waals surface area contributed by atoms with E-state index in [9.17, 15) is 40.2 Å². The molecular weight excluding hydrogens is 356 g/mol. The van der Waals surface area contributed by atoms with E-state index >= 15 is 0 Å². The van der Waals surface area contributed by atoms with E-state index in [0.29, 0.717) is 11.1 Å².